The van der Waals surface area contributed by atoms with Gasteiger partial charge in [0, 0.05) is 29.1 Å². The maximum absolute atomic E-state index is 6.16. The van der Waals surface area contributed by atoms with Crippen molar-refractivity contribution in [2.75, 3.05) is 0 Å². The van der Waals surface area contributed by atoms with E-state index in [0.29, 0.717) is 16.6 Å². The summed E-state index contributed by atoms with van der Waals surface area (Å²) in [5.41, 5.74) is 7.75. The van der Waals surface area contributed by atoms with Crippen LogP contribution in [0.3, 0.4) is 0 Å². The minimum absolute atomic E-state index is 0.459. The lowest BCUT2D eigenvalue weighted by Crippen LogP contribution is -1.99. The first kappa shape index (κ1) is 13.7. The number of halogens is 2. The molecule has 0 radical (unpaired) electrons. The number of hydrogen-bond donors (Lipinski definition) is 1. The molecule has 6 heteroatoms. The van der Waals surface area contributed by atoms with Gasteiger partial charge in [-0.25, -0.2) is 0 Å². The highest BCUT2D eigenvalue weighted by Crippen LogP contribution is 2.37. The summed E-state index contributed by atoms with van der Waals surface area (Å²) < 4.78 is 1.82. The SMILES string of the molecule is Cc1nn(C)c(Sc2cc(Cl)ccc2Cl)c1CN. The molecule has 96 valence electrons. The fourth-order valence-electron chi connectivity index (χ4n) is 1.70. The first-order chi connectivity index (χ1) is 8.52. The first-order valence-electron chi connectivity index (χ1n) is 5.38. The van der Waals surface area contributed by atoms with Crippen molar-refractivity contribution in [3.8, 4) is 0 Å². The number of aromatic nitrogens is 2. The third kappa shape index (κ3) is 2.67. The highest BCUT2D eigenvalue weighted by molar-refractivity contribution is 7.99. The van der Waals surface area contributed by atoms with Gasteiger partial charge in [-0.2, -0.15) is 5.10 Å². The van der Waals surface area contributed by atoms with Crippen molar-refractivity contribution in [2.45, 2.75) is 23.4 Å². The Labute approximate surface area is 120 Å². The Bertz CT molecular complexity index is 581. The fraction of sp³-hybridized carbons (Fsp3) is 0.250. The van der Waals surface area contributed by atoms with Crippen LogP contribution in [0.25, 0.3) is 0 Å². The van der Waals surface area contributed by atoms with Crippen LogP contribution >= 0.6 is 35.0 Å². The van der Waals surface area contributed by atoms with E-state index >= 15 is 0 Å². The zero-order chi connectivity index (χ0) is 13.3. The van der Waals surface area contributed by atoms with Crippen LogP contribution < -0.4 is 5.73 Å². The van der Waals surface area contributed by atoms with E-state index in [9.17, 15) is 0 Å². The molecule has 1 aromatic heterocycles. The third-order valence-corrected chi connectivity index (χ3v) is 4.53. The van der Waals surface area contributed by atoms with E-state index in [2.05, 4.69) is 5.10 Å². The maximum atomic E-state index is 6.16. The lowest BCUT2D eigenvalue weighted by Gasteiger charge is -2.07. The van der Waals surface area contributed by atoms with Gasteiger partial charge in [0.2, 0.25) is 0 Å². The van der Waals surface area contributed by atoms with Crippen LogP contribution in [0.1, 0.15) is 11.3 Å². The predicted molar refractivity (Wildman–Crippen MR) is 76.4 cm³/mol. The number of benzene rings is 1. The second-order valence-corrected chi connectivity index (χ2v) is 5.75. The van der Waals surface area contributed by atoms with Crippen molar-refractivity contribution in [1.82, 2.24) is 9.78 Å². The zero-order valence-corrected chi connectivity index (χ0v) is 12.4. The summed E-state index contributed by atoms with van der Waals surface area (Å²) in [4.78, 5) is 0.905. The molecule has 0 aliphatic carbocycles. The van der Waals surface area contributed by atoms with Crippen LogP contribution in [0.2, 0.25) is 10.0 Å². The van der Waals surface area contributed by atoms with Gasteiger partial charge < -0.3 is 5.73 Å². The van der Waals surface area contributed by atoms with E-state index in [0.717, 1.165) is 21.2 Å². The monoisotopic (exact) mass is 301 g/mol. The highest BCUT2D eigenvalue weighted by atomic mass is 35.5. The van der Waals surface area contributed by atoms with Crippen molar-refractivity contribution in [2.24, 2.45) is 12.8 Å². The van der Waals surface area contributed by atoms with Crippen molar-refractivity contribution in [1.29, 1.82) is 0 Å². The van der Waals surface area contributed by atoms with E-state index in [1.807, 2.05) is 24.7 Å². The fourth-order valence-corrected chi connectivity index (χ4v) is 3.26. The molecular weight excluding hydrogens is 289 g/mol. The standard InChI is InChI=1S/C12H13Cl2N3S/c1-7-9(6-15)12(17(2)16-7)18-11-5-8(13)3-4-10(11)14/h3-5H,6,15H2,1-2H3. The molecule has 1 aromatic carbocycles. The average Bonchev–Trinajstić information content (AvgIpc) is 2.58. The van der Waals surface area contributed by atoms with Gasteiger partial charge in [0.25, 0.3) is 0 Å². The van der Waals surface area contributed by atoms with E-state index in [1.165, 1.54) is 11.8 Å². The average molecular weight is 302 g/mol. The molecule has 2 N–H and O–H groups in total. The number of rotatable bonds is 3. The second-order valence-electron chi connectivity index (χ2n) is 3.87. The third-order valence-electron chi connectivity index (χ3n) is 2.59. The van der Waals surface area contributed by atoms with Gasteiger partial charge in [0.15, 0.2) is 0 Å². The Kier molecular flexibility index (Phi) is 4.22. The molecule has 0 atom stereocenters. The summed E-state index contributed by atoms with van der Waals surface area (Å²) >= 11 is 13.7. The summed E-state index contributed by atoms with van der Waals surface area (Å²) in [6.07, 6.45) is 0. The minimum Gasteiger partial charge on any atom is -0.326 e. The molecule has 3 nitrogen and oxygen atoms in total. The summed E-state index contributed by atoms with van der Waals surface area (Å²) in [6.45, 7) is 2.41. The quantitative estimate of drug-likeness (QED) is 0.941. The maximum Gasteiger partial charge on any atom is 0.103 e. The van der Waals surface area contributed by atoms with Crippen LogP contribution in [-0.2, 0) is 13.6 Å². The van der Waals surface area contributed by atoms with E-state index < -0.39 is 0 Å². The molecule has 0 aliphatic heterocycles. The Morgan fingerprint density at radius 1 is 1.39 bits per heavy atom. The Balaban J connectivity index is 2.42. The van der Waals surface area contributed by atoms with Gasteiger partial charge in [-0.05, 0) is 25.1 Å². The molecule has 0 spiro atoms. The van der Waals surface area contributed by atoms with Gasteiger partial charge in [0.05, 0.1) is 10.7 Å². The molecule has 0 fully saturated rings. The van der Waals surface area contributed by atoms with Gasteiger partial charge >= 0.3 is 0 Å². The number of nitrogens with two attached hydrogens (primary N) is 1. The molecule has 18 heavy (non-hydrogen) atoms. The molecule has 0 unspecified atom stereocenters. The molecule has 2 rings (SSSR count). The number of nitrogens with zero attached hydrogens (tertiary/aromatic N) is 2. The van der Waals surface area contributed by atoms with Crippen LogP contribution in [-0.4, -0.2) is 9.78 Å². The van der Waals surface area contributed by atoms with Crippen LogP contribution in [0.15, 0.2) is 28.1 Å². The van der Waals surface area contributed by atoms with Crippen molar-refractivity contribution in [3.05, 3.63) is 39.5 Å². The molecule has 0 saturated heterocycles. The van der Waals surface area contributed by atoms with Crippen LogP contribution in [0.5, 0.6) is 0 Å². The number of hydrogen-bond acceptors (Lipinski definition) is 3. The molecule has 0 saturated carbocycles. The Hall–Kier alpha value is -0.680. The lowest BCUT2D eigenvalue weighted by molar-refractivity contribution is 0.688. The van der Waals surface area contributed by atoms with Crippen LogP contribution in [0, 0.1) is 6.92 Å². The second kappa shape index (κ2) is 5.53. The van der Waals surface area contributed by atoms with Crippen LogP contribution in [0.4, 0.5) is 0 Å². The van der Waals surface area contributed by atoms with Gasteiger partial charge in [-0.15, -0.1) is 0 Å². The normalized spacial score (nSPS) is 10.9. The first-order valence-corrected chi connectivity index (χ1v) is 6.95. The molecule has 0 aliphatic rings. The summed E-state index contributed by atoms with van der Waals surface area (Å²) in [6, 6.07) is 5.40. The molecule has 0 amide bonds. The Morgan fingerprint density at radius 2 is 2.11 bits per heavy atom. The lowest BCUT2D eigenvalue weighted by atomic mass is 10.3. The van der Waals surface area contributed by atoms with Crippen molar-refractivity contribution < 1.29 is 0 Å². The van der Waals surface area contributed by atoms with Gasteiger partial charge in [-0.1, -0.05) is 35.0 Å². The van der Waals surface area contributed by atoms with E-state index in [-0.39, 0.29) is 0 Å². The smallest absolute Gasteiger partial charge is 0.103 e. The van der Waals surface area contributed by atoms with Gasteiger partial charge in [-0.3, -0.25) is 4.68 Å². The summed E-state index contributed by atoms with van der Waals surface area (Å²) in [7, 11) is 1.90. The topological polar surface area (TPSA) is 43.8 Å². The summed E-state index contributed by atoms with van der Waals surface area (Å²) in [5.74, 6) is 0. The van der Waals surface area contributed by atoms with Crippen molar-refractivity contribution >= 4 is 35.0 Å². The van der Waals surface area contributed by atoms with Crippen molar-refractivity contribution in [3.63, 3.8) is 0 Å². The summed E-state index contributed by atoms with van der Waals surface area (Å²) in [5, 5.41) is 6.70. The minimum atomic E-state index is 0.459. The largest absolute Gasteiger partial charge is 0.326 e. The Morgan fingerprint density at radius 3 is 2.78 bits per heavy atom. The molecular formula is C12H13Cl2N3S. The zero-order valence-electron chi connectivity index (χ0n) is 10.1. The molecule has 2 aromatic rings. The number of aryl methyl sites for hydroxylation is 2. The van der Waals surface area contributed by atoms with E-state index in [1.54, 1.807) is 12.1 Å². The highest BCUT2D eigenvalue weighted by Gasteiger charge is 2.14. The van der Waals surface area contributed by atoms with Gasteiger partial charge in [0.1, 0.15) is 5.03 Å². The predicted octanol–water partition coefficient (Wildman–Crippen LogP) is 3.65. The molecule has 0 bridgehead atoms. The van der Waals surface area contributed by atoms with E-state index in [4.69, 9.17) is 28.9 Å². The molecule has 1 heterocycles.